The van der Waals surface area contributed by atoms with Crippen LogP contribution in [-0.4, -0.2) is 24.1 Å². The van der Waals surface area contributed by atoms with Crippen LogP contribution in [0.15, 0.2) is 29.4 Å². The van der Waals surface area contributed by atoms with Gasteiger partial charge in [0.15, 0.2) is 17.5 Å². The molecule has 0 aliphatic heterocycles. The van der Waals surface area contributed by atoms with Gasteiger partial charge in [-0.15, -0.1) is 35.3 Å². The standard InChI is InChI=1S/C18H25FN4OS.HI/c1-4-14-11-21-17(25-14)12-23-18(20-5-2)22-10-13-7-8-16(24-6-3)15(19)9-13;/h7-9,11H,4-6,10,12H2,1-3H3,(H2,20,22,23);1H. The zero-order chi connectivity index (χ0) is 18.1. The van der Waals surface area contributed by atoms with E-state index < -0.39 is 0 Å². The molecule has 2 rings (SSSR count). The summed E-state index contributed by atoms with van der Waals surface area (Å²) >= 11 is 1.70. The summed E-state index contributed by atoms with van der Waals surface area (Å²) in [5.74, 6) is 0.600. The molecule has 0 unspecified atom stereocenters. The molecule has 0 saturated heterocycles. The van der Waals surface area contributed by atoms with Gasteiger partial charge < -0.3 is 15.4 Å². The minimum atomic E-state index is -0.359. The van der Waals surface area contributed by atoms with Crippen molar-refractivity contribution in [3.63, 3.8) is 0 Å². The summed E-state index contributed by atoms with van der Waals surface area (Å²) in [6.07, 6.45) is 2.91. The van der Waals surface area contributed by atoms with Crippen LogP contribution in [0.3, 0.4) is 0 Å². The fourth-order valence-corrected chi connectivity index (χ4v) is 2.98. The van der Waals surface area contributed by atoms with Crippen LogP contribution in [0, 0.1) is 5.82 Å². The Morgan fingerprint density at radius 3 is 2.69 bits per heavy atom. The lowest BCUT2D eigenvalue weighted by Gasteiger charge is -2.10. The highest BCUT2D eigenvalue weighted by molar-refractivity contribution is 14.0. The van der Waals surface area contributed by atoms with Gasteiger partial charge in [-0.25, -0.2) is 14.4 Å². The fraction of sp³-hybridized carbons (Fsp3) is 0.444. The van der Waals surface area contributed by atoms with E-state index in [1.54, 1.807) is 17.4 Å². The lowest BCUT2D eigenvalue weighted by molar-refractivity contribution is 0.321. The van der Waals surface area contributed by atoms with E-state index in [0.717, 1.165) is 23.5 Å². The largest absolute Gasteiger partial charge is 0.491 e. The van der Waals surface area contributed by atoms with Crippen LogP contribution < -0.4 is 15.4 Å². The summed E-state index contributed by atoms with van der Waals surface area (Å²) in [6.45, 7) is 8.16. The van der Waals surface area contributed by atoms with Crippen LogP contribution in [0.1, 0.15) is 36.2 Å². The van der Waals surface area contributed by atoms with Gasteiger partial charge in [-0.1, -0.05) is 13.0 Å². The van der Waals surface area contributed by atoms with Crippen LogP contribution in [0.25, 0.3) is 0 Å². The lowest BCUT2D eigenvalue weighted by Crippen LogP contribution is -2.36. The number of benzene rings is 1. The molecule has 0 fully saturated rings. The zero-order valence-corrected chi connectivity index (χ0v) is 18.5. The number of aromatic nitrogens is 1. The van der Waals surface area contributed by atoms with E-state index in [1.807, 2.05) is 26.1 Å². The lowest BCUT2D eigenvalue weighted by atomic mass is 10.2. The molecule has 1 aromatic carbocycles. The molecule has 0 radical (unpaired) electrons. The number of thiazole rings is 1. The zero-order valence-electron chi connectivity index (χ0n) is 15.3. The molecule has 0 aliphatic carbocycles. The number of nitrogens with one attached hydrogen (secondary N) is 2. The van der Waals surface area contributed by atoms with Crippen molar-refractivity contribution in [3.8, 4) is 5.75 Å². The van der Waals surface area contributed by atoms with Crippen molar-refractivity contribution in [2.75, 3.05) is 13.2 Å². The Balaban J connectivity index is 0.00000338. The molecule has 0 spiro atoms. The Labute approximate surface area is 175 Å². The number of halogens is 2. The second kappa shape index (κ2) is 12.1. The number of nitrogens with zero attached hydrogens (tertiary/aromatic N) is 2. The van der Waals surface area contributed by atoms with E-state index in [-0.39, 0.29) is 35.5 Å². The van der Waals surface area contributed by atoms with Crippen molar-refractivity contribution in [2.24, 2.45) is 4.99 Å². The highest BCUT2D eigenvalue weighted by Gasteiger charge is 2.05. The van der Waals surface area contributed by atoms with Crippen molar-refractivity contribution in [3.05, 3.63) is 45.7 Å². The number of ether oxygens (including phenoxy) is 1. The quantitative estimate of drug-likeness (QED) is 0.331. The van der Waals surface area contributed by atoms with E-state index >= 15 is 0 Å². The maximum absolute atomic E-state index is 13.9. The summed E-state index contributed by atoms with van der Waals surface area (Å²) in [7, 11) is 0. The average Bonchev–Trinajstić information content (AvgIpc) is 3.08. The highest BCUT2D eigenvalue weighted by atomic mass is 127. The summed E-state index contributed by atoms with van der Waals surface area (Å²) in [6, 6.07) is 4.94. The monoisotopic (exact) mass is 492 g/mol. The second-order valence-corrected chi connectivity index (χ2v) is 6.52. The third-order valence-corrected chi connectivity index (χ3v) is 4.56. The van der Waals surface area contributed by atoms with Gasteiger partial charge in [0.2, 0.25) is 0 Å². The average molecular weight is 492 g/mol. The minimum Gasteiger partial charge on any atom is -0.491 e. The van der Waals surface area contributed by atoms with Gasteiger partial charge in [-0.2, -0.15) is 0 Å². The van der Waals surface area contributed by atoms with Crippen LogP contribution in [0.4, 0.5) is 4.39 Å². The van der Waals surface area contributed by atoms with Gasteiger partial charge in [0.1, 0.15) is 5.01 Å². The van der Waals surface area contributed by atoms with Crippen molar-refractivity contribution in [1.82, 2.24) is 15.6 Å². The number of aryl methyl sites for hydroxylation is 1. The van der Waals surface area contributed by atoms with E-state index in [4.69, 9.17) is 4.74 Å². The molecule has 5 nitrogen and oxygen atoms in total. The summed E-state index contributed by atoms with van der Waals surface area (Å²) < 4.78 is 19.1. The molecule has 2 N–H and O–H groups in total. The number of hydrogen-bond acceptors (Lipinski definition) is 4. The molecule has 2 aromatic rings. The molecular formula is C18H26FIN4OS. The summed E-state index contributed by atoms with van der Waals surface area (Å²) in [4.78, 5) is 10.2. The Morgan fingerprint density at radius 2 is 2.08 bits per heavy atom. The minimum absolute atomic E-state index is 0. The molecule has 8 heteroatoms. The SMILES string of the molecule is CCNC(=NCc1ccc(OCC)c(F)c1)NCc1ncc(CC)s1.I. The summed E-state index contributed by atoms with van der Waals surface area (Å²) in [5.41, 5.74) is 0.792. The van der Waals surface area contributed by atoms with Crippen LogP contribution in [0.2, 0.25) is 0 Å². The van der Waals surface area contributed by atoms with E-state index in [0.29, 0.717) is 25.7 Å². The molecule has 1 heterocycles. The molecule has 0 atom stereocenters. The Hall–Kier alpha value is -1.42. The maximum atomic E-state index is 13.9. The van der Waals surface area contributed by atoms with Crippen LogP contribution >= 0.6 is 35.3 Å². The Kier molecular flexibility index (Phi) is 10.5. The number of hydrogen-bond donors (Lipinski definition) is 2. The number of rotatable bonds is 8. The van der Waals surface area contributed by atoms with Gasteiger partial charge in [0, 0.05) is 17.6 Å². The van der Waals surface area contributed by atoms with Gasteiger partial charge >= 0.3 is 0 Å². The fourth-order valence-electron chi connectivity index (χ4n) is 2.18. The van der Waals surface area contributed by atoms with Gasteiger partial charge in [0.25, 0.3) is 0 Å². The first-order chi connectivity index (χ1) is 12.2. The third-order valence-electron chi connectivity index (χ3n) is 3.42. The first-order valence-electron chi connectivity index (χ1n) is 8.53. The molecular weight excluding hydrogens is 466 g/mol. The van der Waals surface area contributed by atoms with Crippen molar-refractivity contribution < 1.29 is 9.13 Å². The predicted molar refractivity (Wildman–Crippen MR) is 116 cm³/mol. The van der Waals surface area contributed by atoms with Crippen LogP contribution in [-0.2, 0) is 19.5 Å². The Bertz CT molecular complexity index is 708. The molecule has 0 amide bonds. The van der Waals surface area contributed by atoms with Crippen molar-refractivity contribution >= 4 is 41.3 Å². The van der Waals surface area contributed by atoms with E-state index in [2.05, 4.69) is 27.5 Å². The molecule has 26 heavy (non-hydrogen) atoms. The second-order valence-electron chi connectivity index (χ2n) is 5.32. The predicted octanol–water partition coefficient (Wildman–Crippen LogP) is 4.12. The maximum Gasteiger partial charge on any atom is 0.191 e. The van der Waals surface area contributed by atoms with Gasteiger partial charge in [0.05, 0.1) is 19.7 Å². The molecule has 0 aliphatic rings. The molecule has 1 aromatic heterocycles. The van der Waals surface area contributed by atoms with Crippen molar-refractivity contribution in [2.45, 2.75) is 40.3 Å². The normalized spacial score (nSPS) is 11.0. The topological polar surface area (TPSA) is 58.5 Å². The Morgan fingerprint density at radius 1 is 1.27 bits per heavy atom. The van der Waals surface area contributed by atoms with E-state index in [1.165, 1.54) is 10.9 Å². The smallest absolute Gasteiger partial charge is 0.191 e. The van der Waals surface area contributed by atoms with Crippen molar-refractivity contribution in [1.29, 1.82) is 0 Å². The number of aliphatic imine (C=N–C) groups is 1. The van der Waals surface area contributed by atoms with Gasteiger partial charge in [-0.3, -0.25) is 0 Å². The molecule has 0 bridgehead atoms. The first-order valence-corrected chi connectivity index (χ1v) is 9.34. The van der Waals surface area contributed by atoms with Gasteiger partial charge in [-0.05, 0) is 38.0 Å². The summed E-state index contributed by atoms with van der Waals surface area (Å²) in [5, 5.41) is 7.47. The highest BCUT2D eigenvalue weighted by Crippen LogP contribution is 2.18. The molecule has 0 saturated carbocycles. The molecule has 144 valence electrons. The first kappa shape index (κ1) is 22.6. The van der Waals surface area contributed by atoms with E-state index in [9.17, 15) is 4.39 Å². The number of guanidine groups is 1. The third kappa shape index (κ3) is 7.06. The van der Waals surface area contributed by atoms with Crippen LogP contribution in [0.5, 0.6) is 5.75 Å².